The van der Waals surface area contributed by atoms with Gasteiger partial charge in [-0.1, -0.05) is 12.2 Å². The van der Waals surface area contributed by atoms with Gasteiger partial charge in [0.05, 0.1) is 0 Å². The Kier molecular flexibility index (Phi) is 8.14. The average Bonchev–Trinajstić information content (AvgIpc) is 2.06. The third-order valence-electron chi connectivity index (χ3n) is 1.97. The summed E-state index contributed by atoms with van der Waals surface area (Å²) in [6.07, 6.45) is 10.7. The van der Waals surface area contributed by atoms with Gasteiger partial charge < -0.3 is 5.73 Å². The monoisotopic (exact) mass is 167 g/mol. The van der Waals surface area contributed by atoms with Crippen molar-refractivity contribution >= 4 is 0 Å². The van der Waals surface area contributed by atoms with Crippen LogP contribution >= 0.6 is 0 Å². The van der Waals surface area contributed by atoms with Crippen LogP contribution in [0.1, 0.15) is 38.5 Å². The molecule has 0 fully saturated rings. The van der Waals surface area contributed by atoms with Gasteiger partial charge in [0.2, 0.25) is 0 Å². The summed E-state index contributed by atoms with van der Waals surface area (Å²) in [4.78, 5) is 0. The Bertz CT molecular complexity index is 104. The number of hydrogen-bond acceptors (Lipinski definition) is 1. The minimum absolute atomic E-state index is 0.380. The molecule has 70 valence electrons. The molecular weight excluding hydrogens is 146 g/mol. The smallest absolute Gasteiger partial charge is 0.00390 e. The van der Waals surface area contributed by atoms with Crippen LogP contribution in [-0.2, 0) is 0 Å². The lowest BCUT2D eigenvalue weighted by Gasteiger charge is -2.09. The first-order chi connectivity index (χ1) is 5.81. The second-order valence-corrected chi connectivity index (χ2v) is 3.20. The molecule has 2 N–H and O–H groups in total. The predicted octanol–water partition coefficient (Wildman–Crippen LogP) is 3.03. The first-order valence-electron chi connectivity index (χ1n) is 4.78. The van der Waals surface area contributed by atoms with E-state index >= 15 is 0 Å². The first-order valence-corrected chi connectivity index (χ1v) is 4.78. The zero-order chi connectivity index (χ0) is 9.23. The topological polar surface area (TPSA) is 26.0 Å². The van der Waals surface area contributed by atoms with E-state index in [4.69, 9.17) is 5.73 Å². The van der Waals surface area contributed by atoms with Gasteiger partial charge in [-0.3, -0.25) is 0 Å². The number of hydrogen-bond donors (Lipinski definition) is 1. The summed E-state index contributed by atoms with van der Waals surface area (Å²) in [5.74, 6) is 0. The zero-order valence-electron chi connectivity index (χ0n) is 7.97. The Hall–Kier alpha value is -0.560. The third kappa shape index (κ3) is 7.55. The molecule has 0 aromatic carbocycles. The normalized spacial score (nSPS) is 10.2. The van der Waals surface area contributed by atoms with E-state index in [2.05, 4.69) is 13.2 Å². The number of nitrogens with two attached hydrogens (primary N) is 1. The van der Waals surface area contributed by atoms with Crippen molar-refractivity contribution < 1.29 is 0 Å². The van der Waals surface area contributed by atoms with E-state index in [1.54, 1.807) is 0 Å². The van der Waals surface area contributed by atoms with Gasteiger partial charge in [0, 0.05) is 6.04 Å². The highest BCUT2D eigenvalue weighted by molar-refractivity contribution is 4.71. The van der Waals surface area contributed by atoms with Gasteiger partial charge in [0.15, 0.2) is 0 Å². The van der Waals surface area contributed by atoms with E-state index in [0.717, 1.165) is 25.7 Å². The number of unbranched alkanes of at least 4 members (excludes halogenated alkanes) is 2. The quantitative estimate of drug-likeness (QED) is 0.436. The molecule has 1 heteroatoms. The fourth-order valence-corrected chi connectivity index (χ4v) is 1.19. The van der Waals surface area contributed by atoms with E-state index < -0.39 is 0 Å². The fraction of sp³-hybridized carbons (Fsp3) is 0.636. The number of rotatable bonds is 8. The Balaban J connectivity index is 3.14. The van der Waals surface area contributed by atoms with Crippen LogP contribution in [0, 0.1) is 0 Å². The van der Waals surface area contributed by atoms with Crippen molar-refractivity contribution in [1.29, 1.82) is 0 Å². The van der Waals surface area contributed by atoms with Crippen molar-refractivity contribution in [3.8, 4) is 0 Å². The molecule has 0 radical (unpaired) electrons. The van der Waals surface area contributed by atoms with Crippen LogP contribution < -0.4 is 5.73 Å². The van der Waals surface area contributed by atoms with Crippen LogP contribution in [0.2, 0.25) is 0 Å². The van der Waals surface area contributed by atoms with E-state index in [0.29, 0.717) is 6.04 Å². The molecule has 0 aromatic heterocycles. The standard InChI is InChI=1S/C11H21N/c1-3-5-7-9-11(12)10-8-6-4-2/h3-4,11H,1-2,5-10,12H2. The van der Waals surface area contributed by atoms with Crippen molar-refractivity contribution in [2.75, 3.05) is 0 Å². The minimum Gasteiger partial charge on any atom is -0.328 e. The molecule has 0 heterocycles. The van der Waals surface area contributed by atoms with Crippen LogP contribution in [0.5, 0.6) is 0 Å². The van der Waals surface area contributed by atoms with Crippen molar-refractivity contribution in [3.05, 3.63) is 25.3 Å². The molecule has 0 aliphatic carbocycles. The molecule has 0 aromatic rings. The maximum Gasteiger partial charge on any atom is 0.00390 e. The lowest BCUT2D eigenvalue weighted by Crippen LogP contribution is -2.19. The van der Waals surface area contributed by atoms with Gasteiger partial charge in [-0.2, -0.15) is 0 Å². The number of allylic oxidation sites excluding steroid dienone is 2. The maximum atomic E-state index is 5.89. The molecule has 0 aliphatic rings. The second-order valence-electron chi connectivity index (χ2n) is 3.20. The summed E-state index contributed by atoms with van der Waals surface area (Å²) in [6.45, 7) is 7.36. The van der Waals surface area contributed by atoms with Gasteiger partial charge in [-0.05, 0) is 38.5 Å². The summed E-state index contributed by atoms with van der Waals surface area (Å²) in [6, 6.07) is 0.380. The minimum atomic E-state index is 0.380. The molecular formula is C11H21N. The highest BCUT2D eigenvalue weighted by atomic mass is 14.6. The summed E-state index contributed by atoms with van der Waals surface area (Å²) < 4.78 is 0. The molecule has 0 atom stereocenters. The average molecular weight is 167 g/mol. The summed E-state index contributed by atoms with van der Waals surface area (Å²) in [5, 5.41) is 0. The molecule has 0 aliphatic heterocycles. The van der Waals surface area contributed by atoms with Gasteiger partial charge in [0.25, 0.3) is 0 Å². The summed E-state index contributed by atoms with van der Waals surface area (Å²) in [7, 11) is 0. The van der Waals surface area contributed by atoms with Gasteiger partial charge in [-0.15, -0.1) is 13.2 Å². The molecule has 1 nitrogen and oxygen atoms in total. The second kappa shape index (κ2) is 8.54. The Labute approximate surface area is 76.3 Å². The lowest BCUT2D eigenvalue weighted by atomic mass is 10.0. The van der Waals surface area contributed by atoms with Gasteiger partial charge in [0.1, 0.15) is 0 Å². The van der Waals surface area contributed by atoms with Crippen molar-refractivity contribution in [2.24, 2.45) is 5.73 Å². The lowest BCUT2D eigenvalue weighted by molar-refractivity contribution is 0.532. The van der Waals surface area contributed by atoms with Crippen LogP contribution in [0.4, 0.5) is 0 Å². The van der Waals surface area contributed by atoms with E-state index in [1.165, 1.54) is 12.8 Å². The maximum absolute atomic E-state index is 5.89. The summed E-state index contributed by atoms with van der Waals surface area (Å²) >= 11 is 0. The third-order valence-corrected chi connectivity index (χ3v) is 1.97. The highest BCUT2D eigenvalue weighted by Gasteiger charge is 1.99. The molecule has 0 bridgehead atoms. The predicted molar refractivity (Wildman–Crippen MR) is 56.1 cm³/mol. The molecule has 0 saturated carbocycles. The van der Waals surface area contributed by atoms with E-state index in [-0.39, 0.29) is 0 Å². The molecule has 0 unspecified atom stereocenters. The molecule has 0 spiro atoms. The fourth-order valence-electron chi connectivity index (χ4n) is 1.19. The van der Waals surface area contributed by atoms with Crippen LogP contribution in [0.3, 0.4) is 0 Å². The summed E-state index contributed by atoms with van der Waals surface area (Å²) in [5.41, 5.74) is 5.89. The SMILES string of the molecule is C=CCCCC(N)CCCC=C. The van der Waals surface area contributed by atoms with Crippen molar-refractivity contribution in [2.45, 2.75) is 44.6 Å². The highest BCUT2D eigenvalue weighted by Crippen LogP contribution is 2.06. The molecule has 12 heavy (non-hydrogen) atoms. The van der Waals surface area contributed by atoms with Crippen molar-refractivity contribution in [3.63, 3.8) is 0 Å². The van der Waals surface area contributed by atoms with Crippen molar-refractivity contribution in [1.82, 2.24) is 0 Å². The molecule has 0 amide bonds. The van der Waals surface area contributed by atoms with Crippen LogP contribution in [0.15, 0.2) is 25.3 Å². The Morgan fingerprint density at radius 2 is 1.42 bits per heavy atom. The van der Waals surface area contributed by atoms with Gasteiger partial charge >= 0.3 is 0 Å². The van der Waals surface area contributed by atoms with E-state index in [9.17, 15) is 0 Å². The molecule has 0 saturated heterocycles. The first kappa shape index (κ1) is 11.4. The Morgan fingerprint density at radius 3 is 1.75 bits per heavy atom. The van der Waals surface area contributed by atoms with Crippen LogP contribution in [0.25, 0.3) is 0 Å². The zero-order valence-corrected chi connectivity index (χ0v) is 7.97. The Morgan fingerprint density at radius 1 is 1.00 bits per heavy atom. The van der Waals surface area contributed by atoms with Crippen LogP contribution in [-0.4, -0.2) is 6.04 Å². The van der Waals surface area contributed by atoms with E-state index in [1.807, 2.05) is 12.2 Å². The largest absolute Gasteiger partial charge is 0.328 e. The molecule has 0 rings (SSSR count). The van der Waals surface area contributed by atoms with Gasteiger partial charge in [-0.25, -0.2) is 0 Å².